The minimum absolute atomic E-state index is 0.650. The molecule has 0 fully saturated rings. The summed E-state index contributed by atoms with van der Waals surface area (Å²) in [6, 6.07) is 10.5. The Balaban J connectivity index is 0.000000370. The molecule has 0 aliphatic heterocycles. The van der Waals surface area contributed by atoms with Crippen LogP contribution in [0.1, 0.15) is 16.1 Å². The van der Waals surface area contributed by atoms with E-state index < -0.39 is 12.1 Å². The van der Waals surface area contributed by atoms with Gasteiger partial charge in [0.1, 0.15) is 0 Å². The predicted octanol–water partition coefficient (Wildman–Crippen LogP) is 4.27. The van der Waals surface area contributed by atoms with Gasteiger partial charge in [0.2, 0.25) is 5.88 Å². The second kappa shape index (κ2) is 9.66. The number of rotatable bonds is 5. The molecule has 0 aliphatic carbocycles. The molecule has 0 spiro atoms. The normalized spacial score (nSPS) is 11.3. The van der Waals surface area contributed by atoms with E-state index in [1.165, 1.54) is 15.8 Å². The Labute approximate surface area is 169 Å². The number of fused-ring (bicyclic) bond motifs is 1. The molecule has 0 saturated heterocycles. The highest BCUT2D eigenvalue weighted by atomic mass is 32.1. The van der Waals surface area contributed by atoms with Gasteiger partial charge in [-0.2, -0.15) is 13.2 Å². The number of carboxylic acids is 1. The zero-order valence-corrected chi connectivity index (χ0v) is 16.8. The minimum Gasteiger partial charge on any atom is -0.481 e. The fourth-order valence-corrected chi connectivity index (χ4v) is 3.38. The fourth-order valence-electron chi connectivity index (χ4n) is 2.49. The first-order valence-electron chi connectivity index (χ1n) is 8.42. The van der Waals surface area contributed by atoms with Crippen molar-refractivity contribution >= 4 is 27.5 Å². The van der Waals surface area contributed by atoms with Crippen LogP contribution >= 0.6 is 11.3 Å². The lowest BCUT2D eigenvalue weighted by molar-refractivity contribution is -0.192. The van der Waals surface area contributed by atoms with Gasteiger partial charge in [0, 0.05) is 25.4 Å². The predicted molar refractivity (Wildman–Crippen MR) is 104 cm³/mol. The number of nitrogens with zero attached hydrogens (tertiary/aromatic N) is 3. The van der Waals surface area contributed by atoms with E-state index in [4.69, 9.17) is 14.6 Å². The average Bonchev–Trinajstić information content (AvgIpc) is 3.01. The highest BCUT2D eigenvalue weighted by Gasteiger charge is 2.38. The first kappa shape index (κ1) is 22.6. The second-order valence-electron chi connectivity index (χ2n) is 6.22. The number of ether oxygens (including phenoxy) is 1. The molecule has 3 rings (SSSR count). The topological polar surface area (TPSA) is 75.5 Å². The number of carbonyl (C=O) groups is 1. The van der Waals surface area contributed by atoms with Crippen molar-refractivity contribution in [1.82, 2.24) is 14.9 Å². The van der Waals surface area contributed by atoms with Crippen molar-refractivity contribution in [1.29, 1.82) is 0 Å². The maximum atomic E-state index is 10.6. The molecule has 156 valence electrons. The molecular weight excluding hydrogens is 407 g/mol. The van der Waals surface area contributed by atoms with E-state index >= 15 is 0 Å². The number of benzene rings is 1. The van der Waals surface area contributed by atoms with Crippen LogP contribution in [0.3, 0.4) is 0 Å². The SMILES string of the molecule is COc1ccc(CN(C)Cc2ccc3nc(C)sc3c2)cn1.O=C(O)C(F)(F)F. The van der Waals surface area contributed by atoms with Crippen LogP contribution in [-0.4, -0.2) is 46.3 Å². The maximum absolute atomic E-state index is 10.6. The van der Waals surface area contributed by atoms with Crippen molar-refractivity contribution < 1.29 is 27.8 Å². The highest BCUT2D eigenvalue weighted by Crippen LogP contribution is 2.23. The Bertz CT molecular complexity index is 959. The van der Waals surface area contributed by atoms with Crippen LogP contribution in [0.25, 0.3) is 10.2 Å². The number of hydrogen-bond acceptors (Lipinski definition) is 6. The number of carboxylic acid groups (broad SMARTS) is 1. The van der Waals surface area contributed by atoms with Gasteiger partial charge >= 0.3 is 12.1 Å². The molecule has 2 heterocycles. The van der Waals surface area contributed by atoms with Gasteiger partial charge in [-0.1, -0.05) is 12.1 Å². The Morgan fingerprint density at radius 3 is 2.38 bits per heavy atom. The molecule has 0 radical (unpaired) electrons. The molecule has 29 heavy (non-hydrogen) atoms. The number of alkyl halides is 3. The van der Waals surface area contributed by atoms with Crippen LogP contribution in [0.2, 0.25) is 0 Å². The number of aromatic nitrogens is 2. The maximum Gasteiger partial charge on any atom is 0.490 e. The van der Waals surface area contributed by atoms with Crippen LogP contribution in [0.15, 0.2) is 36.5 Å². The highest BCUT2D eigenvalue weighted by molar-refractivity contribution is 7.18. The molecule has 0 unspecified atom stereocenters. The van der Waals surface area contributed by atoms with Gasteiger partial charge in [-0.3, -0.25) is 4.90 Å². The number of aliphatic carboxylic acids is 1. The molecule has 0 saturated carbocycles. The molecule has 3 aromatic rings. The van der Waals surface area contributed by atoms with Gasteiger partial charge in [0.25, 0.3) is 0 Å². The molecule has 1 N–H and O–H groups in total. The second-order valence-corrected chi connectivity index (χ2v) is 7.45. The molecule has 10 heteroatoms. The zero-order valence-electron chi connectivity index (χ0n) is 16.0. The lowest BCUT2D eigenvalue weighted by atomic mass is 10.2. The summed E-state index contributed by atoms with van der Waals surface area (Å²) >= 11 is 1.75. The summed E-state index contributed by atoms with van der Waals surface area (Å²) in [6.45, 7) is 3.81. The van der Waals surface area contributed by atoms with E-state index in [1.807, 2.05) is 19.2 Å². The summed E-state index contributed by atoms with van der Waals surface area (Å²) < 4.78 is 38.1. The van der Waals surface area contributed by atoms with Gasteiger partial charge in [-0.15, -0.1) is 11.3 Å². The lowest BCUT2D eigenvalue weighted by Crippen LogP contribution is -2.21. The number of hydrogen-bond donors (Lipinski definition) is 1. The third-order valence-electron chi connectivity index (χ3n) is 3.71. The van der Waals surface area contributed by atoms with Crippen molar-refractivity contribution in [2.24, 2.45) is 0 Å². The fraction of sp³-hybridized carbons (Fsp3) is 0.316. The summed E-state index contributed by atoms with van der Waals surface area (Å²) in [7, 11) is 3.75. The van der Waals surface area contributed by atoms with Crippen molar-refractivity contribution in [3.8, 4) is 5.88 Å². The summed E-state index contributed by atoms with van der Waals surface area (Å²) in [5, 5.41) is 8.24. The first-order chi connectivity index (χ1) is 13.6. The standard InChI is InChI=1S/C17H19N3OS.C2HF3O2/c1-12-19-15-6-4-13(8-16(15)22-12)10-20(2)11-14-5-7-17(21-3)18-9-14;3-2(4,5)1(6)7/h4-9H,10-11H2,1-3H3;(H,6,7). The van der Waals surface area contributed by atoms with Gasteiger partial charge in [-0.05, 0) is 37.2 Å². The van der Waals surface area contributed by atoms with Crippen LogP contribution in [0.4, 0.5) is 13.2 Å². The van der Waals surface area contributed by atoms with Crippen molar-refractivity contribution in [2.45, 2.75) is 26.2 Å². The van der Waals surface area contributed by atoms with Crippen LogP contribution in [0, 0.1) is 6.92 Å². The minimum atomic E-state index is -5.08. The molecule has 0 amide bonds. The summed E-state index contributed by atoms with van der Waals surface area (Å²) in [5.41, 5.74) is 3.58. The molecule has 2 aromatic heterocycles. The molecule has 0 atom stereocenters. The quantitative estimate of drug-likeness (QED) is 0.655. The summed E-state index contributed by atoms with van der Waals surface area (Å²) in [4.78, 5) is 19.9. The zero-order chi connectivity index (χ0) is 21.6. The Hall–Kier alpha value is -2.72. The van der Waals surface area contributed by atoms with E-state index in [-0.39, 0.29) is 0 Å². The van der Waals surface area contributed by atoms with E-state index in [9.17, 15) is 13.2 Å². The van der Waals surface area contributed by atoms with Gasteiger partial charge in [0.15, 0.2) is 0 Å². The van der Waals surface area contributed by atoms with E-state index in [0.29, 0.717) is 5.88 Å². The Morgan fingerprint density at radius 1 is 1.21 bits per heavy atom. The third-order valence-corrected chi connectivity index (χ3v) is 4.65. The molecule has 0 aliphatic rings. The third kappa shape index (κ3) is 6.99. The number of halogens is 3. The monoisotopic (exact) mass is 427 g/mol. The largest absolute Gasteiger partial charge is 0.490 e. The van der Waals surface area contributed by atoms with Crippen molar-refractivity contribution in [2.75, 3.05) is 14.2 Å². The first-order valence-corrected chi connectivity index (χ1v) is 9.23. The summed E-state index contributed by atoms with van der Waals surface area (Å²) in [5.74, 6) is -2.11. The van der Waals surface area contributed by atoms with Crippen LogP contribution in [-0.2, 0) is 17.9 Å². The van der Waals surface area contributed by atoms with Crippen molar-refractivity contribution in [3.63, 3.8) is 0 Å². The van der Waals surface area contributed by atoms with Crippen LogP contribution < -0.4 is 4.74 Å². The number of thiazole rings is 1. The van der Waals surface area contributed by atoms with Gasteiger partial charge in [-0.25, -0.2) is 14.8 Å². The smallest absolute Gasteiger partial charge is 0.481 e. The van der Waals surface area contributed by atoms with Gasteiger partial charge < -0.3 is 9.84 Å². The molecule has 1 aromatic carbocycles. The van der Waals surface area contributed by atoms with E-state index in [2.05, 4.69) is 46.2 Å². The number of aryl methyl sites for hydroxylation is 1. The number of pyridine rings is 1. The molecule has 0 bridgehead atoms. The van der Waals surface area contributed by atoms with Gasteiger partial charge in [0.05, 0.1) is 22.3 Å². The lowest BCUT2D eigenvalue weighted by Gasteiger charge is -2.16. The van der Waals surface area contributed by atoms with E-state index in [1.54, 1.807) is 18.4 Å². The molecule has 6 nitrogen and oxygen atoms in total. The summed E-state index contributed by atoms with van der Waals surface area (Å²) in [6.07, 6.45) is -3.22. The Kier molecular flexibility index (Phi) is 7.52. The Morgan fingerprint density at radius 2 is 1.83 bits per heavy atom. The van der Waals surface area contributed by atoms with Crippen molar-refractivity contribution in [3.05, 3.63) is 52.7 Å². The van der Waals surface area contributed by atoms with E-state index in [0.717, 1.165) is 23.6 Å². The average molecular weight is 427 g/mol. The molecular formula is C19H20F3N3O3S. The number of methoxy groups -OCH3 is 1. The van der Waals surface area contributed by atoms with Crippen LogP contribution in [0.5, 0.6) is 5.88 Å².